The Morgan fingerprint density at radius 1 is 1.14 bits per heavy atom. The lowest BCUT2D eigenvalue weighted by Gasteiger charge is -2.22. The standard InChI is InChI=1S/C18H22ClNO/c1-13-7-8-14(19)11-17(13)18-10-9-16(21-18)12-20-15-5-3-2-4-6-15/h7-11,15,20H,2-6,12H2,1H3. The minimum atomic E-state index is 0.653. The summed E-state index contributed by atoms with van der Waals surface area (Å²) in [5.41, 5.74) is 2.26. The molecule has 0 spiro atoms. The van der Waals surface area contributed by atoms with Crippen molar-refractivity contribution in [3.05, 3.63) is 46.7 Å². The number of furan rings is 1. The van der Waals surface area contributed by atoms with Gasteiger partial charge in [0.15, 0.2) is 0 Å². The topological polar surface area (TPSA) is 25.2 Å². The van der Waals surface area contributed by atoms with Crippen molar-refractivity contribution in [3.63, 3.8) is 0 Å². The molecule has 1 saturated carbocycles. The fourth-order valence-electron chi connectivity index (χ4n) is 3.03. The van der Waals surface area contributed by atoms with Gasteiger partial charge in [-0.25, -0.2) is 0 Å². The van der Waals surface area contributed by atoms with E-state index >= 15 is 0 Å². The summed E-state index contributed by atoms with van der Waals surface area (Å²) in [5, 5.41) is 4.35. The van der Waals surface area contributed by atoms with Crippen LogP contribution >= 0.6 is 11.6 Å². The number of hydrogen-bond acceptors (Lipinski definition) is 2. The molecule has 1 aliphatic carbocycles. The van der Waals surface area contributed by atoms with E-state index in [0.29, 0.717) is 6.04 Å². The molecule has 1 N–H and O–H groups in total. The molecule has 0 bridgehead atoms. The molecule has 1 fully saturated rings. The molecule has 0 radical (unpaired) electrons. The summed E-state index contributed by atoms with van der Waals surface area (Å²) in [4.78, 5) is 0. The third-order valence-electron chi connectivity index (χ3n) is 4.30. The molecule has 3 heteroatoms. The zero-order chi connectivity index (χ0) is 14.7. The molecule has 0 atom stereocenters. The Balaban J connectivity index is 1.66. The zero-order valence-electron chi connectivity index (χ0n) is 12.5. The van der Waals surface area contributed by atoms with E-state index in [1.807, 2.05) is 24.3 Å². The Morgan fingerprint density at radius 3 is 2.76 bits per heavy atom. The molecular formula is C18H22ClNO. The van der Waals surface area contributed by atoms with E-state index in [1.165, 1.54) is 37.7 Å². The van der Waals surface area contributed by atoms with Gasteiger partial charge in [0.05, 0.1) is 6.54 Å². The largest absolute Gasteiger partial charge is 0.460 e. The first kappa shape index (κ1) is 14.7. The quantitative estimate of drug-likeness (QED) is 0.825. The summed E-state index contributed by atoms with van der Waals surface area (Å²) in [7, 11) is 0. The molecule has 0 saturated heterocycles. The first-order valence-electron chi connectivity index (χ1n) is 7.81. The Hall–Kier alpha value is -1.25. The number of benzene rings is 1. The van der Waals surface area contributed by atoms with E-state index in [1.54, 1.807) is 0 Å². The molecule has 2 aromatic rings. The van der Waals surface area contributed by atoms with Crippen molar-refractivity contribution in [1.29, 1.82) is 0 Å². The first-order chi connectivity index (χ1) is 10.2. The van der Waals surface area contributed by atoms with Crippen LogP contribution in [-0.2, 0) is 6.54 Å². The van der Waals surface area contributed by atoms with Gasteiger partial charge in [0, 0.05) is 16.6 Å². The van der Waals surface area contributed by atoms with Crippen molar-refractivity contribution in [3.8, 4) is 11.3 Å². The molecule has 1 heterocycles. The van der Waals surface area contributed by atoms with Crippen molar-refractivity contribution < 1.29 is 4.42 Å². The van der Waals surface area contributed by atoms with Gasteiger partial charge >= 0.3 is 0 Å². The van der Waals surface area contributed by atoms with Gasteiger partial charge in [0.25, 0.3) is 0 Å². The van der Waals surface area contributed by atoms with E-state index in [0.717, 1.165) is 28.7 Å². The van der Waals surface area contributed by atoms with Gasteiger partial charge in [-0.3, -0.25) is 0 Å². The van der Waals surface area contributed by atoms with Gasteiger partial charge in [-0.05, 0) is 49.6 Å². The third kappa shape index (κ3) is 3.69. The molecule has 2 nitrogen and oxygen atoms in total. The number of rotatable bonds is 4. The third-order valence-corrected chi connectivity index (χ3v) is 4.53. The smallest absolute Gasteiger partial charge is 0.134 e. The van der Waals surface area contributed by atoms with Gasteiger partial charge in [-0.15, -0.1) is 0 Å². The maximum atomic E-state index is 6.08. The van der Waals surface area contributed by atoms with Gasteiger partial charge in [-0.1, -0.05) is 36.9 Å². The van der Waals surface area contributed by atoms with Crippen LogP contribution in [0.2, 0.25) is 5.02 Å². The van der Waals surface area contributed by atoms with Crippen molar-refractivity contribution in [2.24, 2.45) is 0 Å². The number of hydrogen-bond donors (Lipinski definition) is 1. The van der Waals surface area contributed by atoms with Crippen LogP contribution in [0.5, 0.6) is 0 Å². The molecule has 0 aliphatic heterocycles. The molecule has 1 aliphatic rings. The van der Waals surface area contributed by atoms with Gasteiger partial charge in [-0.2, -0.15) is 0 Å². The zero-order valence-corrected chi connectivity index (χ0v) is 13.2. The average Bonchev–Trinajstić information content (AvgIpc) is 2.97. The normalized spacial score (nSPS) is 16.3. The fourth-order valence-corrected chi connectivity index (χ4v) is 3.20. The summed E-state index contributed by atoms with van der Waals surface area (Å²) in [5.74, 6) is 1.89. The lowest BCUT2D eigenvalue weighted by atomic mass is 9.95. The van der Waals surface area contributed by atoms with Gasteiger partial charge < -0.3 is 9.73 Å². The van der Waals surface area contributed by atoms with E-state index in [4.69, 9.17) is 16.0 Å². The molecular weight excluding hydrogens is 282 g/mol. The lowest BCUT2D eigenvalue weighted by molar-refractivity contribution is 0.358. The summed E-state index contributed by atoms with van der Waals surface area (Å²) < 4.78 is 5.98. The minimum Gasteiger partial charge on any atom is -0.460 e. The second-order valence-electron chi connectivity index (χ2n) is 5.94. The molecule has 112 valence electrons. The molecule has 0 unspecified atom stereocenters. The Bertz CT molecular complexity index is 599. The highest BCUT2D eigenvalue weighted by atomic mass is 35.5. The lowest BCUT2D eigenvalue weighted by Crippen LogP contribution is -2.30. The Labute approximate surface area is 131 Å². The minimum absolute atomic E-state index is 0.653. The van der Waals surface area contributed by atoms with Crippen LogP contribution in [0.1, 0.15) is 43.4 Å². The average molecular weight is 304 g/mol. The van der Waals surface area contributed by atoms with Crippen LogP contribution in [0, 0.1) is 6.92 Å². The molecule has 0 amide bonds. The highest BCUT2D eigenvalue weighted by molar-refractivity contribution is 6.30. The predicted molar refractivity (Wildman–Crippen MR) is 87.6 cm³/mol. The summed E-state index contributed by atoms with van der Waals surface area (Å²) in [6.45, 7) is 2.89. The van der Waals surface area contributed by atoms with Crippen LogP contribution < -0.4 is 5.32 Å². The van der Waals surface area contributed by atoms with Gasteiger partial charge in [0.1, 0.15) is 11.5 Å². The van der Waals surface area contributed by atoms with Crippen molar-refractivity contribution in [1.82, 2.24) is 5.32 Å². The van der Waals surface area contributed by atoms with Crippen LogP contribution in [-0.4, -0.2) is 6.04 Å². The summed E-state index contributed by atoms with van der Waals surface area (Å²) >= 11 is 6.08. The van der Waals surface area contributed by atoms with Crippen LogP contribution in [0.25, 0.3) is 11.3 Å². The highest BCUT2D eigenvalue weighted by Crippen LogP contribution is 2.28. The van der Waals surface area contributed by atoms with Gasteiger partial charge in [0.2, 0.25) is 0 Å². The molecule has 3 rings (SSSR count). The first-order valence-corrected chi connectivity index (χ1v) is 8.19. The van der Waals surface area contributed by atoms with Crippen molar-refractivity contribution in [2.75, 3.05) is 0 Å². The molecule has 1 aromatic carbocycles. The molecule has 1 aromatic heterocycles. The SMILES string of the molecule is Cc1ccc(Cl)cc1-c1ccc(CNC2CCCCC2)o1. The highest BCUT2D eigenvalue weighted by Gasteiger charge is 2.14. The van der Waals surface area contributed by atoms with Crippen LogP contribution in [0.3, 0.4) is 0 Å². The fraction of sp³-hybridized carbons (Fsp3) is 0.444. The number of nitrogens with one attached hydrogen (secondary N) is 1. The second-order valence-corrected chi connectivity index (χ2v) is 6.38. The van der Waals surface area contributed by atoms with E-state index in [9.17, 15) is 0 Å². The monoisotopic (exact) mass is 303 g/mol. The van der Waals surface area contributed by atoms with E-state index < -0.39 is 0 Å². The van der Waals surface area contributed by atoms with Crippen molar-refractivity contribution in [2.45, 2.75) is 51.6 Å². The maximum Gasteiger partial charge on any atom is 0.134 e. The van der Waals surface area contributed by atoms with E-state index in [-0.39, 0.29) is 0 Å². The van der Waals surface area contributed by atoms with Crippen LogP contribution in [0.15, 0.2) is 34.7 Å². The summed E-state index contributed by atoms with van der Waals surface area (Å²) in [6, 6.07) is 10.7. The Kier molecular flexibility index (Phi) is 4.67. The van der Waals surface area contributed by atoms with E-state index in [2.05, 4.69) is 18.3 Å². The summed E-state index contributed by atoms with van der Waals surface area (Å²) in [6.07, 6.45) is 6.67. The predicted octanol–water partition coefficient (Wildman–Crippen LogP) is 5.33. The maximum absolute atomic E-state index is 6.08. The number of aryl methyl sites for hydroxylation is 1. The number of halogens is 1. The van der Waals surface area contributed by atoms with Crippen molar-refractivity contribution >= 4 is 11.6 Å². The van der Waals surface area contributed by atoms with Crippen LogP contribution in [0.4, 0.5) is 0 Å². The molecule has 21 heavy (non-hydrogen) atoms. The second kappa shape index (κ2) is 6.67. The Morgan fingerprint density at radius 2 is 1.95 bits per heavy atom.